The van der Waals surface area contributed by atoms with E-state index in [1.165, 1.54) is 6.92 Å². The van der Waals surface area contributed by atoms with Gasteiger partial charge in [-0.2, -0.15) is 4.89 Å². The molecule has 0 saturated heterocycles. The largest absolute Gasteiger partial charge is 0.339 e. The van der Waals surface area contributed by atoms with Crippen LogP contribution in [0.1, 0.15) is 26.2 Å². The van der Waals surface area contributed by atoms with E-state index < -0.39 is 5.97 Å². The van der Waals surface area contributed by atoms with Crippen LogP contribution in [0.3, 0.4) is 0 Å². The summed E-state index contributed by atoms with van der Waals surface area (Å²) in [4.78, 5) is 18.9. The van der Waals surface area contributed by atoms with Gasteiger partial charge in [-0.3, -0.25) is 4.89 Å². The second-order valence-electron chi connectivity index (χ2n) is 2.06. The van der Waals surface area contributed by atoms with Gasteiger partial charge in [0, 0.05) is 13.3 Å². The van der Waals surface area contributed by atoms with E-state index in [9.17, 15) is 4.79 Å². The molecule has 0 rings (SSSR count). The smallest absolute Gasteiger partial charge is 0.299 e. The summed E-state index contributed by atoms with van der Waals surface area (Å²) >= 11 is 0. The molecule has 0 aliphatic rings. The zero-order chi connectivity index (χ0) is 8.53. The molecule has 62 valence electrons. The third kappa shape index (κ3) is 8.99. The Kier molecular flexibility index (Phi) is 6.45. The van der Waals surface area contributed by atoms with Crippen molar-refractivity contribution in [3.63, 3.8) is 0 Å². The topological polar surface area (TPSA) is 35.5 Å². The summed E-state index contributed by atoms with van der Waals surface area (Å²) in [6.45, 7) is 1.71. The highest BCUT2D eigenvalue weighted by Gasteiger charge is 1.92. The maximum absolute atomic E-state index is 10.2. The number of unbranched alkanes of at least 4 members (excludes halogenated alkanes) is 2. The van der Waals surface area contributed by atoms with Gasteiger partial charge in [-0.1, -0.05) is 0 Å². The van der Waals surface area contributed by atoms with Crippen molar-refractivity contribution in [1.29, 1.82) is 0 Å². The summed E-state index contributed by atoms with van der Waals surface area (Å²) in [7, 11) is 0. The molecule has 0 amide bonds. The average Bonchev–Trinajstić information content (AvgIpc) is 1.96. The third-order valence-corrected chi connectivity index (χ3v) is 0.975. The van der Waals surface area contributed by atoms with E-state index in [-0.39, 0.29) is 0 Å². The van der Waals surface area contributed by atoms with Gasteiger partial charge in [-0.25, -0.2) is 4.79 Å². The minimum absolute atomic E-state index is 0.418. The van der Waals surface area contributed by atoms with Gasteiger partial charge in [0.15, 0.2) is 0 Å². The van der Waals surface area contributed by atoms with Gasteiger partial charge in [0.25, 0.3) is 0 Å². The lowest BCUT2D eigenvalue weighted by Crippen LogP contribution is -2.01. The van der Waals surface area contributed by atoms with E-state index in [4.69, 9.17) is 6.42 Å². The molecular weight excluding hydrogens is 144 g/mol. The lowest BCUT2D eigenvalue weighted by atomic mass is 10.2. The van der Waals surface area contributed by atoms with Gasteiger partial charge < -0.3 is 0 Å². The number of carbonyl (C=O) groups is 1. The van der Waals surface area contributed by atoms with Crippen LogP contribution in [-0.2, 0) is 14.6 Å². The van der Waals surface area contributed by atoms with Crippen LogP contribution in [0.25, 0.3) is 0 Å². The summed E-state index contributed by atoms with van der Waals surface area (Å²) in [5.41, 5.74) is 0. The highest BCUT2D eigenvalue weighted by Crippen LogP contribution is 1.94. The van der Waals surface area contributed by atoms with Crippen LogP contribution in [-0.4, -0.2) is 12.6 Å². The van der Waals surface area contributed by atoms with Crippen molar-refractivity contribution in [2.75, 3.05) is 6.61 Å². The van der Waals surface area contributed by atoms with Gasteiger partial charge in [0.05, 0.1) is 6.61 Å². The molecular formula is C8H12O3. The summed E-state index contributed by atoms with van der Waals surface area (Å²) in [6.07, 6.45) is 7.47. The van der Waals surface area contributed by atoms with Crippen molar-refractivity contribution in [2.24, 2.45) is 0 Å². The molecule has 0 aromatic heterocycles. The quantitative estimate of drug-likeness (QED) is 0.260. The number of hydrogen-bond donors (Lipinski definition) is 0. The SMILES string of the molecule is C#CCCCCOOC(C)=O. The standard InChI is InChI=1S/C8H12O3/c1-3-4-5-6-7-10-11-8(2)9/h1H,4-7H2,2H3. The fraction of sp³-hybridized carbons (Fsp3) is 0.625. The molecule has 0 bridgehead atoms. The molecule has 0 saturated carbocycles. The van der Waals surface area contributed by atoms with Crippen molar-refractivity contribution in [2.45, 2.75) is 26.2 Å². The normalized spacial score (nSPS) is 8.73. The summed E-state index contributed by atoms with van der Waals surface area (Å²) in [5.74, 6) is 2.08. The summed E-state index contributed by atoms with van der Waals surface area (Å²) in [5, 5.41) is 0. The number of terminal acetylenes is 1. The Balaban J connectivity index is 2.92. The second-order valence-corrected chi connectivity index (χ2v) is 2.06. The Morgan fingerprint density at radius 1 is 1.55 bits per heavy atom. The molecule has 0 unspecified atom stereocenters. The maximum Gasteiger partial charge on any atom is 0.339 e. The third-order valence-electron chi connectivity index (χ3n) is 0.975. The van der Waals surface area contributed by atoms with E-state index in [1.807, 2.05) is 0 Å². The van der Waals surface area contributed by atoms with E-state index in [1.54, 1.807) is 0 Å². The Morgan fingerprint density at radius 3 is 2.82 bits per heavy atom. The Morgan fingerprint density at radius 2 is 2.27 bits per heavy atom. The van der Waals surface area contributed by atoms with Gasteiger partial charge in [-0.15, -0.1) is 12.3 Å². The zero-order valence-electron chi connectivity index (χ0n) is 6.63. The lowest BCUT2D eigenvalue weighted by molar-refractivity contribution is -0.270. The molecule has 0 radical (unpaired) electrons. The van der Waals surface area contributed by atoms with Crippen LogP contribution in [0.15, 0.2) is 0 Å². The van der Waals surface area contributed by atoms with E-state index >= 15 is 0 Å². The van der Waals surface area contributed by atoms with Gasteiger partial charge in [-0.05, 0) is 12.8 Å². The molecule has 0 spiro atoms. The van der Waals surface area contributed by atoms with Crippen LogP contribution in [0, 0.1) is 12.3 Å². The molecule has 0 aromatic carbocycles. The Bertz CT molecular complexity index is 146. The van der Waals surface area contributed by atoms with Crippen molar-refractivity contribution in [3.05, 3.63) is 0 Å². The summed E-state index contributed by atoms with van der Waals surface area (Å²) in [6, 6.07) is 0. The Hall–Kier alpha value is -1.01. The highest BCUT2D eigenvalue weighted by molar-refractivity contribution is 5.65. The molecule has 0 aromatic rings. The molecule has 0 fully saturated rings. The first-order valence-electron chi connectivity index (χ1n) is 3.51. The molecule has 3 nitrogen and oxygen atoms in total. The highest BCUT2D eigenvalue weighted by atomic mass is 17.2. The van der Waals surface area contributed by atoms with Crippen molar-refractivity contribution in [3.8, 4) is 12.3 Å². The van der Waals surface area contributed by atoms with Gasteiger partial charge >= 0.3 is 5.97 Å². The molecule has 0 N–H and O–H groups in total. The maximum atomic E-state index is 10.2. The number of rotatable bonds is 5. The van der Waals surface area contributed by atoms with Crippen molar-refractivity contribution >= 4 is 5.97 Å². The molecule has 0 aliphatic carbocycles. The van der Waals surface area contributed by atoms with E-state index in [2.05, 4.69) is 15.7 Å². The van der Waals surface area contributed by atoms with Gasteiger partial charge in [0.1, 0.15) is 0 Å². The van der Waals surface area contributed by atoms with Crippen LogP contribution in [0.4, 0.5) is 0 Å². The first-order chi connectivity index (χ1) is 5.27. The van der Waals surface area contributed by atoms with Crippen LogP contribution in [0.5, 0.6) is 0 Å². The van der Waals surface area contributed by atoms with E-state index in [0.29, 0.717) is 6.61 Å². The minimum atomic E-state index is -0.429. The van der Waals surface area contributed by atoms with Crippen molar-refractivity contribution in [1.82, 2.24) is 0 Å². The van der Waals surface area contributed by atoms with Crippen LogP contribution < -0.4 is 0 Å². The van der Waals surface area contributed by atoms with Gasteiger partial charge in [0.2, 0.25) is 0 Å². The monoisotopic (exact) mass is 156 g/mol. The average molecular weight is 156 g/mol. The predicted molar refractivity (Wildman–Crippen MR) is 40.4 cm³/mol. The summed E-state index contributed by atoms with van der Waals surface area (Å²) < 4.78 is 0. The number of hydrogen-bond acceptors (Lipinski definition) is 3. The first kappa shape index (κ1) is 9.99. The molecule has 0 aliphatic heterocycles. The fourth-order valence-corrected chi connectivity index (χ4v) is 0.513. The van der Waals surface area contributed by atoms with E-state index in [0.717, 1.165) is 19.3 Å². The molecule has 3 heteroatoms. The Labute approximate surface area is 66.6 Å². The minimum Gasteiger partial charge on any atom is -0.299 e. The van der Waals surface area contributed by atoms with Crippen LogP contribution >= 0.6 is 0 Å². The molecule has 11 heavy (non-hydrogen) atoms. The zero-order valence-corrected chi connectivity index (χ0v) is 6.63. The van der Waals surface area contributed by atoms with Crippen molar-refractivity contribution < 1.29 is 14.6 Å². The molecule has 0 atom stereocenters. The fourth-order valence-electron chi connectivity index (χ4n) is 0.513. The predicted octanol–water partition coefficient (Wildman–Crippen LogP) is 1.28. The number of carbonyl (C=O) groups excluding carboxylic acids is 1. The molecule has 0 heterocycles. The second kappa shape index (κ2) is 7.10. The first-order valence-corrected chi connectivity index (χ1v) is 3.51. The lowest BCUT2D eigenvalue weighted by Gasteiger charge is -1.98. The van der Waals surface area contributed by atoms with Crippen LogP contribution in [0.2, 0.25) is 0 Å².